The van der Waals surface area contributed by atoms with Gasteiger partial charge in [0, 0.05) is 23.4 Å². The third kappa shape index (κ3) is 3.66. The first-order valence-corrected chi connectivity index (χ1v) is 14.1. The number of hydrogen-bond donors (Lipinski definition) is 0. The maximum atomic E-state index is 4.87. The van der Waals surface area contributed by atoms with Crippen LogP contribution in [0.1, 0.15) is 42.5 Å². The van der Waals surface area contributed by atoms with Crippen LogP contribution in [0.15, 0.2) is 103 Å². The topological polar surface area (TPSA) is 64.5 Å². The Morgan fingerprint density at radius 2 is 1.24 bits per heavy atom. The summed E-state index contributed by atoms with van der Waals surface area (Å²) in [6, 6.07) is 31.9. The summed E-state index contributed by atoms with van der Waals surface area (Å²) in [4.78, 5) is 23.5. The van der Waals surface area contributed by atoms with Crippen LogP contribution >= 0.6 is 0 Å². The smallest absolute Gasteiger partial charge is 0.182 e. The van der Waals surface area contributed by atoms with Crippen molar-refractivity contribution in [3.05, 3.63) is 126 Å². The number of hydrogen-bond acceptors (Lipinski definition) is 5. The third-order valence-corrected chi connectivity index (χ3v) is 8.81. The second-order valence-corrected chi connectivity index (χ2v) is 11.1. The van der Waals surface area contributed by atoms with Gasteiger partial charge in [-0.15, -0.1) is 0 Å². The minimum absolute atomic E-state index is 0.0261. The lowest BCUT2D eigenvalue weighted by Gasteiger charge is -2.26. The van der Waals surface area contributed by atoms with E-state index in [4.69, 9.17) is 15.0 Å². The van der Waals surface area contributed by atoms with E-state index in [0.717, 1.165) is 18.4 Å². The number of rotatable bonds is 4. The average molecular weight is 530 g/mol. The second-order valence-electron chi connectivity index (χ2n) is 11.1. The Morgan fingerprint density at radius 1 is 0.585 bits per heavy atom. The zero-order valence-corrected chi connectivity index (χ0v) is 23.0. The summed E-state index contributed by atoms with van der Waals surface area (Å²) < 4.78 is 0. The first-order chi connectivity index (χ1) is 20.1. The van der Waals surface area contributed by atoms with Gasteiger partial charge < -0.3 is 0 Å². The molecule has 0 fully saturated rings. The van der Waals surface area contributed by atoms with E-state index in [0.29, 0.717) is 28.9 Å². The minimum atomic E-state index is 0.0261. The highest BCUT2D eigenvalue weighted by molar-refractivity contribution is 5.88. The van der Waals surface area contributed by atoms with Gasteiger partial charge in [-0.2, -0.15) is 0 Å². The molecular formula is C36H27N5. The maximum Gasteiger partial charge on any atom is 0.182 e. The molecule has 0 radical (unpaired) electrons. The Hall–Kier alpha value is -5.03. The van der Waals surface area contributed by atoms with Gasteiger partial charge in [0.2, 0.25) is 0 Å². The standard InChI is InChI=1S/C36H27N5/c1-3-36(2)29-11-5-4-10-26(29)28-20-24-19-23-18-22(14-15-25(23)27(24)21-30(28)36)33-39-34(31-12-6-8-16-37-31)41-35(40-33)32-13-7-9-17-38-32/h4-18,20-21H,3,19H2,1-2H3. The number of aromatic nitrogens is 5. The molecule has 0 saturated carbocycles. The summed E-state index contributed by atoms with van der Waals surface area (Å²) >= 11 is 0. The molecule has 1 unspecified atom stereocenters. The molecular weight excluding hydrogens is 502 g/mol. The highest BCUT2D eigenvalue weighted by Crippen LogP contribution is 2.53. The summed E-state index contributed by atoms with van der Waals surface area (Å²) in [5, 5.41) is 0. The fourth-order valence-corrected chi connectivity index (χ4v) is 6.52. The molecule has 2 aliphatic rings. The van der Waals surface area contributed by atoms with Crippen LogP contribution in [-0.2, 0) is 11.8 Å². The predicted molar refractivity (Wildman–Crippen MR) is 162 cm³/mol. The molecule has 0 saturated heterocycles. The van der Waals surface area contributed by atoms with Crippen LogP contribution in [0.4, 0.5) is 0 Å². The summed E-state index contributed by atoms with van der Waals surface area (Å²) in [6.45, 7) is 4.69. The summed E-state index contributed by atoms with van der Waals surface area (Å²) in [5.74, 6) is 1.69. The zero-order chi connectivity index (χ0) is 27.6. The lowest BCUT2D eigenvalue weighted by atomic mass is 9.77. The molecule has 3 heterocycles. The van der Waals surface area contributed by atoms with Crippen LogP contribution in [0.25, 0.3) is 56.7 Å². The lowest BCUT2D eigenvalue weighted by molar-refractivity contribution is 0.564. The van der Waals surface area contributed by atoms with E-state index >= 15 is 0 Å². The van der Waals surface area contributed by atoms with E-state index in [-0.39, 0.29) is 5.41 Å². The first kappa shape index (κ1) is 23.8. The molecule has 0 aliphatic heterocycles. The minimum Gasteiger partial charge on any atom is -0.253 e. The molecule has 0 spiro atoms. The van der Waals surface area contributed by atoms with Gasteiger partial charge in [0.15, 0.2) is 17.5 Å². The van der Waals surface area contributed by atoms with Crippen molar-refractivity contribution in [1.29, 1.82) is 0 Å². The monoisotopic (exact) mass is 529 g/mol. The molecule has 0 amide bonds. The van der Waals surface area contributed by atoms with Crippen LogP contribution in [0.5, 0.6) is 0 Å². The van der Waals surface area contributed by atoms with Crippen molar-refractivity contribution >= 4 is 0 Å². The van der Waals surface area contributed by atoms with Gasteiger partial charge in [0.1, 0.15) is 11.4 Å². The Bertz CT molecular complexity index is 1910. The predicted octanol–water partition coefficient (Wildman–Crippen LogP) is 7.93. The molecule has 5 nitrogen and oxygen atoms in total. The number of pyridine rings is 2. The molecule has 6 aromatic rings. The van der Waals surface area contributed by atoms with E-state index in [1.165, 1.54) is 44.5 Å². The molecule has 5 heteroatoms. The van der Waals surface area contributed by atoms with E-state index in [2.05, 4.69) is 78.4 Å². The Balaban J connectivity index is 1.24. The fourth-order valence-electron chi connectivity index (χ4n) is 6.52. The van der Waals surface area contributed by atoms with E-state index in [9.17, 15) is 0 Å². The largest absolute Gasteiger partial charge is 0.253 e. The van der Waals surface area contributed by atoms with E-state index < -0.39 is 0 Å². The van der Waals surface area contributed by atoms with Crippen molar-refractivity contribution in [3.63, 3.8) is 0 Å². The third-order valence-electron chi connectivity index (χ3n) is 8.81. The number of benzene rings is 3. The molecule has 0 bridgehead atoms. The molecule has 41 heavy (non-hydrogen) atoms. The number of fused-ring (bicyclic) bond motifs is 6. The Kier molecular flexibility index (Phi) is 5.23. The quantitative estimate of drug-likeness (QED) is 0.232. The lowest BCUT2D eigenvalue weighted by Crippen LogP contribution is -2.19. The summed E-state index contributed by atoms with van der Waals surface area (Å²) in [7, 11) is 0. The van der Waals surface area contributed by atoms with Gasteiger partial charge in [-0.25, -0.2) is 15.0 Å². The highest BCUT2D eigenvalue weighted by Gasteiger charge is 2.39. The average Bonchev–Trinajstić information content (AvgIpc) is 3.52. The van der Waals surface area contributed by atoms with Crippen LogP contribution in [-0.4, -0.2) is 24.9 Å². The molecule has 1 atom stereocenters. The Labute approximate surface area is 239 Å². The van der Waals surface area contributed by atoms with Crippen molar-refractivity contribution in [2.45, 2.75) is 32.1 Å². The normalized spacial score (nSPS) is 16.1. The first-order valence-electron chi connectivity index (χ1n) is 14.1. The summed E-state index contributed by atoms with van der Waals surface area (Å²) in [5.41, 5.74) is 13.4. The van der Waals surface area contributed by atoms with E-state index in [1.807, 2.05) is 36.4 Å². The van der Waals surface area contributed by atoms with Crippen molar-refractivity contribution in [1.82, 2.24) is 24.9 Å². The SMILES string of the molecule is CCC1(C)c2ccccc2-c2cc3c(cc21)-c1ccc(-c2nc(-c4ccccn4)nc(-c4ccccn4)n2)cc1C3. The molecule has 196 valence electrons. The van der Waals surface area contributed by atoms with Crippen molar-refractivity contribution in [3.8, 4) is 56.7 Å². The van der Waals surface area contributed by atoms with Gasteiger partial charge in [-0.3, -0.25) is 9.97 Å². The molecule has 0 N–H and O–H groups in total. The van der Waals surface area contributed by atoms with Crippen molar-refractivity contribution in [2.75, 3.05) is 0 Å². The molecule has 3 aromatic heterocycles. The van der Waals surface area contributed by atoms with Gasteiger partial charge in [0.05, 0.1) is 0 Å². The Morgan fingerprint density at radius 3 is 1.93 bits per heavy atom. The van der Waals surface area contributed by atoms with Crippen LogP contribution in [0.3, 0.4) is 0 Å². The second kappa shape index (κ2) is 9.00. The van der Waals surface area contributed by atoms with Gasteiger partial charge >= 0.3 is 0 Å². The van der Waals surface area contributed by atoms with E-state index in [1.54, 1.807) is 12.4 Å². The van der Waals surface area contributed by atoms with Crippen LogP contribution < -0.4 is 0 Å². The molecule has 3 aromatic carbocycles. The fraction of sp³-hybridized carbons (Fsp3) is 0.139. The van der Waals surface area contributed by atoms with Crippen LogP contribution in [0, 0.1) is 0 Å². The van der Waals surface area contributed by atoms with Crippen molar-refractivity contribution < 1.29 is 0 Å². The molecule has 2 aliphatic carbocycles. The van der Waals surface area contributed by atoms with Crippen molar-refractivity contribution in [2.24, 2.45) is 0 Å². The van der Waals surface area contributed by atoms with Gasteiger partial charge in [-0.05, 0) is 99.8 Å². The zero-order valence-electron chi connectivity index (χ0n) is 23.0. The summed E-state index contributed by atoms with van der Waals surface area (Å²) in [6.07, 6.45) is 5.47. The number of nitrogens with zero attached hydrogens (tertiary/aromatic N) is 5. The van der Waals surface area contributed by atoms with Gasteiger partial charge in [0.25, 0.3) is 0 Å². The molecule has 8 rings (SSSR count). The highest BCUT2D eigenvalue weighted by atomic mass is 15.1. The van der Waals surface area contributed by atoms with Crippen LogP contribution in [0.2, 0.25) is 0 Å². The maximum absolute atomic E-state index is 4.87. The van der Waals surface area contributed by atoms with Gasteiger partial charge in [-0.1, -0.05) is 62.4 Å².